The summed E-state index contributed by atoms with van der Waals surface area (Å²) in [5.41, 5.74) is 0. The quantitative estimate of drug-likeness (QED) is 0.0261. The highest BCUT2D eigenvalue weighted by Crippen LogP contribution is 2.14. The minimum Gasteiger partial charge on any atom is -0.462 e. The SMILES string of the molecule is CC/C=C\C/C=C\C/C=C\C/C=C\C/C=C\C/C=C\CCCCCCCCC(=O)OCC(COC(=O)CCCCCCC/C=C\C/C=C\CCCCC)OC(=O)CCCCCCCCC/C=C\C/C=C\C/C=C\C/C=C\C/C=C\CC. The number of allylic oxidation sites excluding steroid dienone is 26. The van der Waals surface area contributed by atoms with Crippen molar-refractivity contribution in [3.8, 4) is 0 Å². The molecule has 456 valence electrons. The van der Waals surface area contributed by atoms with Crippen LogP contribution < -0.4 is 0 Å². The van der Waals surface area contributed by atoms with E-state index in [1.165, 1.54) is 57.8 Å². The van der Waals surface area contributed by atoms with Gasteiger partial charge in [-0.2, -0.15) is 0 Å². The number of carbonyl (C=O) groups is 3. The van der Waals surface area contributed by atoms with Gasteiger partial charge < -0.3 is 14.2 Å². The van der Waals surface area contributed by atoms with E-state index in [0.717, 1.165) is 180 Å². The Bertz CT molecular complexity index is 1810. The summed E-state index contributed by atoms with van der Waals surface area (Å²) < 4.78 is 16.9. The van der Waals surface area contributed by atoms with E-state index in [2.05, 4.69) is 179 Å². The van der Waals surface area contributed by atoms with Crippen molar-refractivity contribution in [2.75, 3.05) is 13.2 Å². The predicted molar refractivity (Wildman–Crippen MR) is 352 cm³/mol. The van der Waals surface area contributed by atoms with E-state index in [0.29, 0.717) is 19.3 Å². The molecule has 81 heavy (non-hydrogen) atoms. The Morgan fingerprint density at radius 2 is 0.481 bits per heavy atom. The van der Waals surface area contributed by atoms with Crippen LogP contribution in [0, 0.1) is 0 Å². The first-order valence-electron chi connectivity index (χ1n) is 33.0. The van der Waals surface area contributed by atoms with Gasteiger partial charge in [-0.1, -0.05) is 269 Å². The Labute approximate surface area is 499 Å². The molecule has 0 radical (unpaired) electrons. The van der Waals surface area contributed by atoms with Gasteiger partial charge >= 0.3 is 17.9 Å². The largest absolute Gasteiger partial charge is 0.462 e. The lowest BCUT2D eigenvalue weighted by atomic mass is 10.1. The molecule has 0 fully saturated rings. The number of hydrogen-bond acceptors (Lipinski definition) is 6. The molecular weight excluding hydrogens is 997 g/mol. The summed E-state index contributed by atoms with van der Waals surface area (Å²) in [6.07, 6.45) is 98.1. The summed E-state index contributed by atoms with van der Waals surface area (Å²) in [7, 11) is 0. The molecule has 0 saturated heterocycles. The zero-order valence-electron chi connectivity index (χ0n) is 52.2. The Hall–Kier alpha value is -4.97. The highest BCUT2D eigenvalue weighted by Gasteiger charge is 2.19. The molecule has 1 unspecified atom stereocenters. The summed E-state index contributed by atoms with van der Waals surface area (Å²) in [6, 6.07) is 0. The van der Waals surface area contributed by atoms with Gasteiger partial charge in [0.25, 0.3) is 0 Å². The molecular formula is C75H120O6. The maximum Gasteiger partial charge on any atom is 0.306 e. The maximum absolute atomic E-state index is 12.9. The van der Waals surface area contributed by atoms with Crippen LogP contribution in [-0.4, -0.2) is 37.2 Å². The van der Waals surface area contributed by atoms with Gasteiger partial charge in [-0.3, -0.25) is 14.4 Å². The number of esters is 3. The van der Waals surface area contributed by atoms with E-state index in [4.69, 9.17) is 14.2 Å². The number of rotatable bonds is 58. The third-order valence-electron chi connectivity index (χ3n) is 13.5. The van der Waals surface area contributed by atoms with Crippen LogP contribution in [0.25, 0.3) is 0 Å². The molecule has 0 aromatic carbocycles. The fourth-order valence-electron chi connectivity index (χ4n) is 8.62. The first-order valence-corrected chi connectivity index (χ1v) is 33.0. The summed E-state index contributed by atoms with van der Waals surface area (Å²) in [6.45, 7) is 6.36. The van der Waals surface area contributed by atoms with Gasteiger partial charge in [0.1, 0.15) is 13.2 Å². The van der Waals surface area contributed by atoms with Crippen LogP contribution in [-0.2, 0) is 28.6 Å². The molecule has 0 aliphatic heterocycles. The molecule has 1 atom stereocenters. The second-order valence-electron chi connectivity index (χ2n) is 21.3. The van der Waals surface area contributed by atoms with Crippen molar-refractivity contribution >= 4 is 17.9 Å². The van der Waals surface area contributed by atoms with Crippen LogP contribution in [0.1, 0.15) is 278 Å². The topological polar surface area (TPSA) is 78.9 Å². The summed E-state index contributed by atoms with van der Waals surface area (Å²) in [5, 5.41) is 0. The zero-order chi connectivity index (χ0) is 58.5. The average Bonchev–Trinajstić information content (AvgIpc) is 3.47. The van der Waals surface area contributed by atoms with Crippen LogP contribution >= 0.6 is 0 Å². The molecule has 0 aromatic rings. The third-order valence-corrected chi connectivity index (χ3v) is 13.5. The molecule has 0 aliphatic carbocycles. The Morgan fingerprint density at radius 1 is 0.259 bits per heavy atom. The lowest BCUT2D eigenvalue weighted by molar-refractivity contribution is -0.167. The van der Waals surface area contributed by atoms with Gasteiger partial charge in [-0.25, -0.2) is 0 Å². The van der Waals surface area contributed by atoms with E-state index in [9.17, 15) is 14.4 Å². The van der Waals surface area contributed by atoms with E-state index in [1.54, 1.807) is 0 Å². The van der Waals surface area contributed by atoms with Gasteiger partial charge in [0.05, 0.1) is 0 Å². The van der Waals surface area contributed by atoms with Gasteiger partial charge in [0.2, 0.25) is 0 Å². The van der Waals surface area contributed by atoms with Crippen molar-refractivity contribution in [2.45, 2.75) is 284 Å². The molecule has 6 nitrogen and oxygen atoms in total. The molecule has 0 aromatic heterocycles. The van der Waals surface area contributed by atoms with E-state index < -0.39 is 6.10 Å². The summed E-state index contributed by atoms with van der Waals surface area (Å²) >= 11 is 0. The van der Waals surface area contributed by atoms with Crippen LogP contribution in [0.3, 0.4) is 0 Å². The summed E-state index contributed by atoms with van der Waals surface area (Å²) in [5.74, 6) is -0.940. The maximum atomic E-state index is 12.9. The second-order valence-corrected chi connectivity index (χ2v) is 21.3. The highest BCUT2D eigenvalue weighted by molar-refractivity contribution is 5.71. The van der Waals surface area contributed by atoms with E-state index in [1.807, 2.05) is 0 Å². The van der Waals surface area contributed by atoms with Gasteiger partial charge in [0.15, 0.2) is 6.10 Å². The minimum atomic E-state index is -0.806. The van der Waals surface area contributed by atoms with E-state index in [-0.39, 0.29) is 31.1 Å². The lowest BCUT2D eigenvalue weighted by Crippen LogP contribution is -2.30. The Balaban J connectivity index is 4.46. The first-order chi connectivity index (χ1) is 40.0. The monoisotopic (exact) mass is 1120 g/mol. The molecule has 0 saturated carbocycles. The number of hydrogen-bond donors (Lipinski definition) is 0. The van der Waals surface area contributed by atoms with Crippen molar-refractivity contribution in [3.05, 3.63) is 158 Å². The van der Waals surface area contributed by atoms with Crippen molar-refractivity contribution in [3.63, 3.8) is 0 Å². The molecule has 0 rings (SSSR count). The molecule has 0 bridgehead atoms. The lowest BCUT2D eigenvalue weighted by Gasteiger charge is -2.18. The number of unbranched alkanes of at least 4 members (excludes halogenated alkanes) is 21. The predicted octanol–water partition coefficient (Wildman–Crippen LogP) is 22.9. The van der Waals surface area contributed by atoms with Crippen molar-refractivity contribution < 1.29 is 28.6 Å². The minimum absolute atomic E-state index is 0.101. The Morgan fingerprint density at radius 3 is 0.753 bits per heavy atom. The van der Waals surface area contributed by atoms with Gasteiger partial charge in [0, 0.05) is 19.3 Å². The fraction of sp³-hybridized carbons (Fsp3) is 0.613. The van der Waals surface area contributed by atoms with Gasteiger partial charge in [-0.05, 0) is 148 Å². The van der Waals surface area contributed by atoms with Gasteiger partial charge in [-0.15, -0.1) is 0 Å². The summed E-state index contributed by atoms with van der Waals surface area (Å²) in [4.78, 5) is 38.4. The standard InChI is InChI=1S/C75H120O6/c1-4-7-10-13-16-19-22-25-28-30-32-34-36-37-39-40-42-44-47-50-53-56-59-62-65-68-74(77)80-71-72(70-79-73(76)67-64-61-58-55-52-49-46-27-24-21-18-15-12-9-6-3)81-75(78)69-66-63-60-57-54-51-48-45-43-41-38-35-33-31-29-26-23-20-17-14-11-8-5-2/h7-8,10-11,16-21,25-29,32-35,37,39,41-44,46,72H,4-6,9,12-15,22-24,30-31,36,38,40,45,47-71H2,1-3H3/b10-7-,11-8-,19-16-,20-17-,21-18-,28-25-,29-26-,34-32-,35-33-,39-37-,43-41-,44-42-,46-27-. The van der Waals surface area contributed by atoms with Crippen LogP contribution in [0.4, 0.5) is 0 Å². The van der Waals surface area contributed by atoms with E-state index >= 15 is 0 Å². The fourth-order valence-corrected chi connectivity index (χ4v) is 8.62. The number of carbonyl (C=O) groups excluding carboxylic acids is 3. The third kappa shape index (κ3) is 65.7. The second kappa shape index (κ2) is 67.5. The van der Waals surface area contributed by atoms with Crippen molar-refractivity contribution in [1.82, 2.24) is 0 Å². The molecule has 6 heteroatoms. The van der Waals surface area contributed by atoms with Crippen LogP contribution in [0.2, 0.25) is 0 Å². The number of ether oxygens (including phenoxy) is 3. The average molecular weight is 1120 g/mol. The van der Waals surface area contributed by atoms with Crippen molar-refractivity contribution in [2.24, 2.45) is 0 Å². The van der Waals surface area contributed by atoms with Crippen LogP contribution in [0.15, 0.2) is 158 Å². The molecule has 0 amide bonds. The van der Waals surface area contributed by atoms with Crippen molar-refractivity contribution in [1.29, 1.82) is 0 Å². The molecule has 0 spiro atoms. The zero-order valence-corrected chi connectivity index (χ0v) is 52.2. The highest BCUT2D eigenvalue weighted by atomic mass is 16.6. The Kier molecular flexibility index (Phi) is 63.4. The first kappa shape index (κ1) is 76.0. The smallest absolute Gasteiger partial charge is 0.306 e. The molecule has 0 N–H and O–H groups in total. The van der Waals surface area contributed by atoms with Crippen LogP contribution in [0.5, 0.6) is 0 Å². The molecule has 0 aliphatic rings. The normalized spacial score (nSPS) is 13.2. The molecule has 0 heterocycles.